The first-order valence-electron chi connectivity index (χ1n) is 11.2. The number of amides is 1. The van der Waals surface area contributed by atoms with Crippen molar-refractivity contribution in [1.29, 1.82) is 5.26 Å². The number of nitrogens with zero attached hydrogens (tertiary/aromatic N) is 6. The molecule has 1 atom stereocenters. The van der Waals surface area contributed by atoms with Gasteiger partial charge in [-0.15, -0.1) is 0 Å². The van der Waals surface area contributed by atoms with E-state index in [0.29, 0.717) is 28.5 Å². The summed E-state index contributed by atoms with van der Waals surface area (Å²) in [6.45, 7) is 2.15. The Morgan fingerprint density at radius 2 is 1.94 bits per heavy atom. The molecule has 8 heteroatoms. The summed E-state index contributed by atoms with van der Waals surface area (Å²) < 4.78 is 0. The summed E-state index contributed by atoms with van der Waals surface area (Å²) in [6.07, 6.45) is 7.73. The molecule has 1 aliphatic carbocycles. The maximum Gasteiger partial charge on any atom is 0.254 e. The van der Waals surface area contributed by atoms with Crippen LogP contribution in [0.15, 0.2) is 55.0 Å². The lowest BCUT2D eigenvalue weighted by Gasteiger charge is -2.28. The van der Waals surface area contributed by atoms with E-state index in [4.69, 9.17) is 11.0 Å². The Labute approximate surface area is 197 Å². The third-order valence-corrected chi connectivity index (χ3v) is 6.31. The average molecular weight is 450 g/mol. The van der Waals surface area contributed by atoms with Crippen LogP contribution < -0.4 is 5.73 Å². The molecule has 0 radical (unpaired) electrons. The number of pyridine rings is 2. The highest BCUT2D eigenvalue weighted by Gasteiger charge is 2.26. The molecule has 0 spiro atoms. The van der Waals surface area contributed by atoms with Crippen LogP contribution in [0.5, 0.6) is 0 Å². The molecule has 4 aromatic rings. The number of rotatable bonds is 5. The van der Waals surface area contributed by atoms with E-state index in [0.717, 1.165) is 35.7 Å². The zero-order chi connectivity index (χ0) is 23.7. The fourth-order valence-corrected chi connectivity index (χ4v) is 4.50. The van der Waals surface area contributed by atoms with Gasteiger partial charge < -0.3 is 10.6 Å². The first-order valence-corrected chi connectivity index (χ1v) is 11.2. The average Bonchev–Trinajstić information content (AvgIpc) is 3.38. The highest BCUT2D eigenvalue weighted by molar-refractivity contribution is 5.99. The SMILES string of the molecule is CC(c1ncccn1)N(Cc1ccc(C#N)cn1)C(=O)c1ccc2nc(N)c3c(c2c1)CCC3. The van der Waals surface area contributed by atoms with Crippen LogP contribution in [0.1, 0.15) is 58.0 Å². The van der Waals surface area contributed by atoms with Crippen molar-refractivity contribution in [3.05, 3.63) is 88.8 Å². The molecule has 1 amide bonds. The summed E-state index contributed by atoms with van der Waals surface area (Å²) in [6, 6.07) is 12.5. The Morgan fingerprint density at radius 3 is 2.68 bits per heavy atom. The maximum atomic E-state index is 13.8. The molecule has 0 saturated heterocycles. The Kier molecular flexibility index (Phi) is 5.60. The Bertz CT molecular complexity index is 1410. The largest absolute Gasteiger partial charge is 0.383 e. The number of benzene rings is 1. The number of anilines is 1. The van der Waals surface area contributed by atoms with Crippen molar-refractivity contribution in [2.45, 2.75) is 38.8 Å². The van der Waals surface area contributed by atoms with Crippen LogP contribution in [0.3, 0.4) is 0 Å². The first kappa shape index (κ1) is 21.5. The number of nitriles is 1. The van der Waals surface area contributed by atoms with Gasteiger partial charge in [-0.1, -0.05) is 0 Å². The number of aromatic nitrogens is 4. The lowest BCUT2D eigenvalue weighted by atomic mass is 10.0. The zero-order valence-corrected chi connectivity index (χ0v) is 18.8. The molecule has 0 bridgehead atoms. The summed E-state index contributed by atoms with van der Waals surface area (Å²) in [5.41, 5.74) is 11.0. The predicted molar refractivity (Wildman–Crippen MR) is 127 cm³/mol. The van der Waals surface area contributed by atoms with Crippen molar-refractivity contribution in [3.63, 3.8) is 0 Å². The smallest absolute Gasteiger partial charge is 0.254 e. The number of carbonyl (C=O) groups excluding carboxylic acids is 1. The normalized spacial score (nSPS) is 13.3. The third-order valence-electron chi connectivity index (χ3n) is 6.31. The van der Waals surface area contributed by atoms with Crippen molar-refractivity contribution in [2.24, 2.45) is 0 Å². The van der Waals surface area contributed by atoms with Gasteiger partial charge in [0.15, 0.2) is 0 Å². The molecule has 3 aromatic heterocycles. The molecule has 0 aliphatic heterocycles. The van der Waals surface area contributed by atoms with Gasteiger partial charge in [0, 0.05) is 29.5 Å². The van der Waals surface area contributed by atoms with Gasteiger partial charge in [-0.25, -0.2) is 15.0 Å². The van der Waals surface area contributed by atoms with Crippen LogP contribution in [0.25, 0.3) is 10.9 Å². The summed E-state index contributed by atoms with van der Waals surface area (Å²) in [5.74, 6) is 0.972. The lowest BCUT2D eigenvalue weighted by molar-refractivity contribution is 0.0663. The summed E-state index contributed by atoms with van der Waals surface area (Å²) in [7, 11) is 0. The van der Waals surface area contributed by atoms with Crippen LogP contribution in [-0.2, 0) is 19.4 Å². The van der Waals surface area contributed by atoms with Gasteiger partial charge in [0.25, 0.3) is 5.91 Å². The standard InChI is InChI=1S/C26H23N7O/c1-16(25-29-10-3-11-30-25)33(15-19-8-6-17(13-27)14-31-19)26(34)18-7-9-23-22(12-18)20-4-2-5-21(20)24(28)32-23/h3,6-12,14,16H,2,4-5,15H2,1H3,(H2,28,32). The topological polar surface area (TPSA) is 122 Å². The zero-order valence-electron chi connectivity index (χ0n) is 18.8. The molecular weight excluding hydrogens is 426 g/mol. The second-order valence-corrected chi connectivity index (χ2v) is 8.41. The predicted octanol–water partition coefficient (Wildman–Crippen LogP) is 3.77. The lowest BCUT2D eigenvalue weighted by Crippen LogP contribution is -2.34. The molecule has 5 rings (SSSR count). The number of carbonyl (C=O) groups is 1. The Morgan fingerprint density at radius 1 is 1.15 bits per heavy atom. The molecular formula is C26H23N7O. The van der Waals surface area contributed by atoms with E-state index in [9.17, 15) is 4.79 Å². The van der Waals surface area contributed by atoms with Crippen LogP contribution in [0.2, 0.25) is 0 Å². The number of fused-ring (bicyclic) bond motifs is 3. The Balaban J connectivity index is 1.55. The van der Waals surface area contributed by atoms with E-state index < -0.39 is 6.04 Å². The number of hydrogen-bond donors (Lipinski definition) is 1. The summed E-state index contributed by atoms with van der Waals surface area (Å²) >= 11 is 0. The molecule has 1 aromatic carbocycles. The second kappa shape index (κ2) is 8.87. The first-order chi connectivity index (χ1) is 16.5. The molecule has 8 nitrogen and oxygen atoms in total. The van der Waals surface area contributed by atoms with Gasteiger partial charge in [0.2, 0.25) is 0 Å². The maximum absolute atomic E-state index is 13.8. The molecule has 34 heavy (non-hydrogen) atoms. The van der Waals surface area contributed by atoms with Crippen molar-refractivity contribution < 1.29 is 4.79 Å². The van der Waals surface area contributed by atoms with Crippen LogP contribution in [0, 0.1) is 11.3 Å². The minimum absolute atomic E-state index is 0.156. The fraction of sp³-hybridized carbons (Fsp3) is 0.231. The van der Waals surface area contributed by atoms with Gasteiger partial charge in [-0.05, 0) is 73.7 Å². The van der Waals surface area contributed by atoms with E-state index in [1.54, 1.807) is 41.6 Å². The molecule has 1 unspecified atom stereocenters. The molecule has 168 valence electrons. The van der Waals surface area contributed by atoms with Crippen LogP contribution in [0.4, 0.5) is 5.82 Å². The Hall–Kier alpha value is -4.38. The van der Waals surface area contributed by atoms with E-state index in [-0.39, 0.29) is 12.5 Å². The minimum atomic E-state index is -0.392. The van der Waals surface area contributed by atoms with Crippen molar-refractivity contribution in [2.75, 3.05) is 5.73 Å². The van der Waals surface area contributed by atoms with Gasteiger partial charge in [-0.3, -0.25) is 9.78 Å². The number of nitrogens with two attached hydrogens (primary N) is 1. The second-order valence-electron chi connectivity index (χ2n) is 8.41. The number of hydrogen-bond acceptors (Lipinski definition) is 7. The summed E-state index contributed by atoms with van der Waals surface area (Å²) in [4.78, 5) is 33.2. The third kappa shape index (κ3) is 3.92. The molecule has 0 saturated carbocycles. The van der Waals surface area contributed by atoms with E-state index in [1.165, 1.54) is 11.8 Å². The van der Waals surface area contributed by atoms with E-state index in [2.05, 4.69) is 26.0 Å². The molecule has 0 fully saturated rings. The minimum Gasteiger partial charge on any atom is -0.383 e. The van der Waals surface area contributed by atoms with Crippen LogP contribution in [-0.4, -0.2) is 30.7 Å². The van der Waals surface area contributed by atoms with Gasteiger partial charge in [0.1, 0.15) is 17.7 Å². The van der Waals surface area contributed by atoms with Gasteiger partial charge in [-0.2, -0.15) is 5.26 Å². The number of aryl methyl sites for hydroxylation is 1. The van der Waals surface area contributed by atoms with Crippen molar-refractivity contribution >= 4 is 22.6 Å². The number of nitrogen functional groups attached to an aromatic ring is 1. The highest BCUT2D eigenvalue weighted by Crippen LogP contribution is 2.33. The van der Waals surface area contributed by atoms with Crippen molar-refractivity contribution in [3.8, 4) is 6.07 Å². The highest BCUT2D eigenvalue weighted by atomic mass is 16.2. The molecule has 3 heterocycles. The van der Waals surface area contributed by atoms with E-state index in [1.807, 2.05) is 19.1 Å². The van der Waals surface area contributed by atoms with E-state index >= 15 is 0 Å². The fourth-order valence-electron chi connectivity index (χ4n) is 4.50. The molecule has 2 N–H and O–H groups in total. The van der Waals surface area contributed by atoms with Gasteiger partial charge in [0.05, 0.1) is 29.4 Å². The van der Waals surface area contributed by atoms with Gasteiger partial charge >= 0.3 is 0 Å². The van der Waals surface area contributed by atoms with Crippen LogP contribution >= 0.6 is 0 Å². The molecule has 1 aliphatic rings. The summed E-state index contributed by atoms with van der Waals surface area (Å²) in [5, 5.41) is 10.0. The quantitative estimate of drug-likeness (QED) is 0.492. The monoisotopic (exact) mass is 449 g/mol. The van der Waals surface area contributed by atoms with Crippen molar-refractivity contribution in [1.82, 2.24) is 24.8 Å².